The third-order valence-corrected chi connectivity index (χ3v) is 5.82. The molecule has 0 radical (unpaired) electrons. The Labute approximate surface area is 170 Å². The molecule has 9 heteroatoms. The van der Waals surface area contributed by atoms with Crippen LogP contribution in [0.2, 0.25) is 0 Å². The summed E-state index contributed by atoms with van der Waals surface area (Å²) >= 11 is 0. The Morgan fingerprint density at radius 2 is 2.00 bits per heavy atom. The lowest BCUT2D eigenvalue weighted by molar-refractivity contribution is 0.249. The van der Waals surface area contributed by atoms with Gasteiger partial charge in [-0.05, 0) is 32.0 Å². The fourth-order valence-electron chi connectivity index (χ4n) is 4.44. The number of benzene rings is 1. The molecule has 30 heavy (non-hydrogen) atoms. The second-order valence-corrected chi connectivity index (χ2v) is 7.60. The van der Waals surface area contributed by atoms with E-state index in [0.717, 1.165) is 28.1 Å². The van der Waals surface area contributed by atoms with Crippen molar-refractivity contribution in [3.63, 3.8) is 0 Å². The van der Waals surface area contributed by atoms with Gasteiger partial charge in [-0.1, -0.05) is 5.16 Å². The van der Waals surface area contributed by atoms with E-state index in [0.29, 0.717) is 48.3 Å². The van der Waals surface area contributed by atoms with Crippen molar-refractivity contribution < 1.29 is 18.4 Å². The Morgan fingerprint density at radius 1 is 1.17 bits per heavy atom. The zero-order valence-corrected chi connectivity index (χ0v) is 16.4. The summed E-state index contributed by atoms with van der Waals surface area (Å²) in [6.07, 6.45) is 1.62. The van der Waals surface area contributed by atoms with E-state index < -0.39 is 0 Å². The normalized spacial score (nSPS) is 17.2. The van der Waals surface area contributed by atoms with Crippen LogP contribution in [0.5, 0.6) is 11.5 Å². The van der Waals surface area contributed by atoms with Gasteiger partial charge in [0, 0.05) is 23.2 Å². The van der Waals surface area contributed by atoms with Crippen molar-refractivity contribution >= 4 is 11.5 Å². The third-order valence-electron chi connectivity index (χ3n) is 5.82. The molecular weight excluding hydrogens is 389 g/mol. The molecule has 0 unspecified atom stereocenters. The summed E-state index contributed by atoms with van der Waals surface area (Å²) in [5.41, 5.74) is 4.55. The maximum atomic E-state index is 14.7. The molecule has 4 aromatic rings. The predicted octanol–water partition coefficient (Wildman–Crippen LogP) is 3.62. The first-order chi connectivity index (χ1) is 14.6. The number of anilines is 1. The Balaban J connectivity index is 1.54. The van der Waals surface area contributed by atoms with E-state index in [1.165, 1.54) is 6.07 Å². The van der Waals surface area contributed by atoms with Crippen LogP contribution in [0.25, 0.3) is 16.8 Å². The number of hydrogen-bond donors (Lipinski definition) is 1. The SMILES string of the molecule is Cc1noc(C)c1-c1cc2c(n3cnnc13)NCc1c(F)ccc3c1[C@@H](CO3)CO2. The van der Waals surface area contributed by atoms with Gasteiger partial charge in [-0.3, -0.25) is 4.40 Å². The van der Waals surface area contributed by atoms with Gasteiger partial charge in [0.2, 0.25) is 0 Å². The lowest BCUT2D eigenvalue weighted by Crippen LogP contribution is -2.13. The minimum absolute atomic E-state index is 0.0439. The highest BCUT2D eigenvalue weighted by Gasteiger charge is 2.32. The number of pyridine rings is 1. The fourth-order valence-corrected chi connectivity index (χ4v) is 4.44. The van der Waals surface area contributed by atoms with Crippen molar-refractivity contribution in [2.24, 2.45) is 0 Å². The lowest BCUT2D eigenvalue weighted by atomic mass is 9.96. The highest BCUT2D eigenvalue weighted by Crippen LogP contribution is 2.42. The molecular formula is C21H18FN5O3. The van der Waals surface area contributed by atoms with Crippen molar-refractivity contribution in [3.8, 4) is 22.6 Å². The molecule has 1 atom stereocenters. The zero-order valence-electron chi connectivity index (χ0n) is 16.4. The second-order valence-electron chi connectivity index (χ2n) is 7.60. The van der Waals surface area contributed by atoms with Crippen molar-refractivity contribution in [1.29, 1.82) is 0 Å². The Morgan fingerprint density at radius 3 is 2.80 bits per heavy atom. The minimum Gasteiger partial charge on any atom is -0.493 e. The molecule has 152 valence electrons. The Bertz CT molecular complexity index is 1290. The smallest absolute Gasteiger partial charge is 0.170 e. The summed E-state index contributed by atoms with van der Waals surface area (Å²) in [7, 11) is 0. The molecule has 1 aromatic carbocycles. The van der Waals surface area contributed by atoms with Crippen LogP contribution in [0.15, 0.2) is 29.0 Å². The molecule has 1 N–H and O–H groups in total. The molecule has 6 rings (SSSR count). The molecule has 0 aliphatic carbocycles. The number of aromatic nitrogens is 4. The van der Waals surface area contributed by atoms with E-state index >= 15 is 0 Å². The average Bonchev–Trinajstić information content (AvgIpc) is 3.45. The highest BCUT2D eigenvalue weighted by molar-refractivity contribution is 5.83. The van der Waals surface area contributed by atoms with Crippen LogP contribution >= 0.6 is 0 Å². The molecule has 2 aliphatic rings. The molecule has 0 saturated heterocycles. The van der Waals surface area contributed by atoms with E-state index in [-0.39, 0.29) is 11.7 Å². The summed E-state index contributed by atoms with van der Waals surface area (Å²) in [4.78, 5) is 0. The maximum absolute atomic E-state index is 14.7. The van der Waals surface area contributed by atoms with Crippen LogP contribution in [0.3, 0.4) is 0 Å². The maximum Gasteiger partial charge on any atom is 0.170 e. The number of fused-ring (bicyclic) bond motifs is 3. The van der Waals surface area contributed by atoms with Crippen molar-refractivity contribution in [3.05, 3.63) is 52.9 Å². The standard InChI is InChI=1S/C21H18FN5O3/c1-10-18(11(2)30-26-10)13-5-17-21(27-9-24-25-20(13)27)23-6-14-15(22)3-4-16-19(14)12(7-28-16)8-29-17/h3-5,9,12,23H,6-8H2,1-2H3/t12-/m0/s1. The molecule has 0 fully saturated rings. The van der Waals surface area contributed by atoms with Gasteiger partial charge in [0.25, 0.3) is 0 Å². The van der Waals surface area contributed by atoms with E-state index in [1.54, 1.807) is 12.4 Å². The van der Waals surface area contributed by atoms with Crippen LogP contribution in [-0.4, -0.2) is 33.0 Å². The van der Waals surface area contributed by atoms with Crippen LogP contribution in [0.4, 0.5) is 10.2 Å². The Hall–Kier alpha value is -3.62. The molecule has 0 spiro atoms. The van der Waals surface area contributed by atoms with Gasteiger partial charge in [-0.25, -0.2) is 4.39 Å². The number of hydrogen-bond acceptors (Lipinski definition) is 7. The number of nitrogens with one attached hydrogen (secondary N) is 1. The monoisotopic (exact) mass is 407 g/mol. The number of ether oxygens (including phenoxy) is 2. The number of aryl methyl sites for hydroxylation is 2. The first-order valence-electron chi connectivity index (χ1n) is 9.72. The molecule has 5 heterocycles. The molecule has 3 aromatic heterocycles. The number of halogens is 1. The molecule has 0 amide bonds. The largest absolute Gasteiger partial charge is 0.493 e. The molecule has 8 nitrogen and oxygen atoms in total. The topological polar surface area (TPSA) is 86.7 Å². The van der Waals surface area contributed by atoms with Gasteiger partial charge in [-0.2, -0.15) is 0 Å². The third kappa shape index (κ3) is 2.35. The second kappa shape index (κ2) is 6.19. The van der Waals surface area contributed by atoms with E-state index in [9.17, 15) is 4.39 Å². The van der Waals surface area contributed by atoms with Crippen molar-refractivity contribution in [1.82, 2.24) is 19.8 Å². The van der Waals surface area contributed by atoms with Gasteiger partial charge < -0.3 is 19.3 Å². The van der Waals surface area contributed by atoms with Gasteiger partial charge in [0.05, 0.1) is 30.4 Å². The first-order valence-corrected chi connectivity index (χ1v) is 9.72. The molecule has 2 aliphatic heterocycles. The quantitative estimate of drug-likeness (QED) is 0.516. The summed E-state index contributed by atoms with van der Waals surface area (Å²) in [6, 6.07) is 5.06. The van der Waals surface area contributed by atoms with Crippen molar-refractivity contribution in [2.75, 3.05) is 18.5 Å². The first kappa shape index (κ1) is 17.3. The molecule has 0 saturated carbocycles. The predicted molar refractivity (Wildman–Crippen MR) is 105 cm³/mol. The van der Waals surface area contributed by atoms with E-state index in [1.807, 2.05) is 24.3 Å². The Kier molecular flexibility index (Phi) is 3.56. The fraction of sp³-hybridized carbons (Fsp3) is 0.286. The zero-order chi connectivity index (χ0) is 20.4. The van der Waals surface area contributed by atoms with Crippen molar-refractivity contribution in [2.45, 2.75) is 26.3 Å². The minimum atomic E-state index is -0.257. The van der Waals surface area contributed by atoms with E-state index in [2.05, 4.69) is 20.7 Å². The highest BCUT2D eigenvalue weighted by atomic mass is 19.1. The molecule has 0 bridgehead atoms. The van der Waals surface area contributed by atoms with Gasteiger partial charge in [0.1, 0.15) is 23.7 Å². The summed E-state index contributed by atoms with van der Waals surface area (Å²) in [5.74, 6) is 2.41. The van der Waals surface area contributed by atoms with Gasteiger partial charge in [-0.15, -0.1) is 10.2 Å². The van der Waals surface area contributed by atoms with Crippen LogP contribution < -0.4 is 14.8 Å². The van der Waals surface area contributed by atoms with Crippen LogP contribution in [-0.2, 0) is 6.54 Å². The van der Waals surface area contributed by atoms with E-state index in [4.69, 9.17) is 14.0 Å². The van der Waals surface area contributed by atoms with Crippen LogP contribution in [0, 0.1) is 19.7 Å². The summed E-state index contributed by atoms with van der Waals surface area (Å²) < 4.78 is 33.9. The number of nitrogens with zero attached hydrogens (tertiary/aromatic N) is 4. The lowest BCUT2D eigenvalue weighted by Gasteiger charge is -2.16. The van der Waals surface area contributed by atoms with Crippen LogP contribution in [0.1, 0.15) is 28.5 Å². The summed E-state index contributed by atoms with van der Waals surface area (Å²) in [6.45, 7) is 4.87. The summed E-state index contributed by atoms with van der Waals surface area (Å²) in [5, 5.41) is 15.8. The van der Waals surface area contributed by atoms with Gasteiger partial charge >= 0.3 is 0 Å². The van der Waals surface area contributed by atoms with Gasteiger partial charge in [0.15, 0.2) is 17.2 Å². The number of rotatable bonds is 1. The average molecular weight is 407 g/mol.